The fourth-order valence-electron chi connectivity index (χ4n) is 3.10. The predicted molar refractivity (Wildman–Crippen MR) is 89.2 cm³/mol. The SMILES string of the molecule is O=C1CN(c2ccc(N3C(=O)c4ccccc4C3=O)cc2)CCN1. The van der Waals surface area contributed by atoms with Crippen LogP contribution in [0.25, 0.3) is 0 Å². The molecule has 0 unspecified atom stereocenters. The van der Waals surface area contributed by atoms with Gasteiger partial charge in [-0.25, -0.2) is 4.90 Å². The number of piperazine rings is 1. The lowest BCUT2D eigenvalue weighted by atomic mass is 10.1. The van der Waals surface area contributed by atoms with Crippen LogP contribution >= 0.6 is 0 Å². The number of amides is 3. The van der Waals surface area contributed by atoms with E-state index in [1.165, 1.54) is 4.90 Å². The summed E-state index contributed by atoms with van der Waals surface area (Å²) < 4.78 is 0. The van der Waals surface area contributed by atoms with Crippen LogP contribution in [0.1, 0.15) is 20.7 Å². The maximum atomic E-state index is 12.5. The monoisotopic (exact) mass is 321 g/mol. The average Bonchev–Trinajstić information content (AvgIpc) is 2.87. The molecule has 3 amide bonds. The minimum absolute atomic E-state index is 0.00863. The summed E-state index contributed by atoms with van der Waals surface area (Å²) in [5.74, 6) is -0.618. The number of nitrogens with one attached hydrogen (secondary N) is 1. The van der Waals surface area contributed by atoms with Crippen LogP contribution in [0.4, 0.5) is 11.4 Å². The van der Waals surface area contributed by atoms with Crippen LogP contribution in [0.2, 0.25) is 0 Å². The zero-order valence-corrected chi connectivity index (χ0v) is 12.9. The van der Waals surface area contributed by atoms with Gasteiger partial charge >= 0.3 is 0 Å². The molecular weight excluding hydrogens is 306 g/mol. The highest BCUT2D eigenvalue weighted by Gasteiger charge is 2.36. The lowest BCUT2D eigenvalue weighted by Crippen LogP contribution is -2.47. The minimum atomic E-state index is -0.305. The fraction of sp³-hybridized carbons (Fsp3) is 0.167. The highest BCUT2D eigenvalue weighted by atomic mass is 16.2. The first-order chi connectivity index (χ1) is 11.6. The van der Waals surface area contributed by atoms with E-state index in [0.717, 1.165) is 12.2 Å². The molecule has 0 atom stereocenters. The fourth-order valence-corrected chi connectivity index (χ4v) is 3.10. The van der Waals surface area contributed by atoms with Gasteiger partial charge in [0.25, 0.3) is 11.8 Å². The summed E-state index contributed by atoms with van der Waals surface area (Å²) in [5, 5.41) is 2.78. The molecule has 0 aromatic heterocycles. The van der Waals surface area contributed by atoms with Crippen molar-refractivity contribution < 1.29 is 14.4 Å². The number of hydrogen-bond acceptors (Lipinski definition) is 4. The number of benzene rings is 2. The van der Waals surface area contributed by atoms with Crippen LogP contribution in [0.15, 0.2) is 48.5 Å². The summed E-state index contributed by atoms with van der Waals surface area (Å²) in [5.41, 5.74) is 2.29. The molecule has 6 nitrogen and oxygen atoms in total. The molecule has 2 heterocycles. The number of anilines is 2. The van der Waals surface area contributed by atoms with Gasteiger partial charge in [0.1, 0.15) is 0 Å². The molecule has 0 radical (unpaired) electrons. The Morgan fingerprint density at radius 1 is 0.792 bits per heavy atom. The van der Waals surface area contributed by atoms with Crippen LogP contribution in [0.5, 0.6) is 0 Å². The summed E-state index contributed by atoms with van der Waals surface area (Å²) in [6.45, 7) is 1.66. The van der Waals surface area contributed by atoms with E-state index in [0.29, 0.717) is 29.9 Å². The quantitative estimate of drug-likeness (QED) is 0.850. The van der Waals surface area contributed by atoms with Crippen molar-refractivity contribution in [2.75, 3.05) is 29.4 Å². The lowest BCUT2D eigenvalue weighted by Gasteiger charge is -2.29. The second kappa shape index (κ2) is 5.49. The number of nitrogens with zero attached hydrogens (tertiary/aromatic N) is 2. The van der Waals surface area contributed by atoms with E-state index in [-0.39, 0.29) is 17.7 Å². The number of rotatable bonds is 2. The number of imide groups is 1. The van der Waals surface area contributed by atoms with Crippen molar-refractivity contribution in [3.63, 3.8) is 0 Å². The minimum Gasteiger partial charge on any atom is -0.360 e. The zero-order valence-electron chi connectivity index (χ0n) is 12.9. The van der Waals surface area contributed by atoms with Crippen molar-refractivity contribution >= 4 is 29.1 Å². The Bertz CT molecular complexity index is 810. The summed E-state index contributed by atoms with van der Waals surface area (Å²) >= 11 is 0. The van der Waals surface area contributed by atoms with E-state index >= 15 is 0 Å². The Hall–Kier alpha value is -3.15. The van der Waals surface area contributed by atoms with E-state index < -0.39 is 0 Å². The first kappa shape index (κ1) is 14.4. The van der Waals surface area contributed by atoms with E-state index in [2.05, 4.69) is 5.32 Å². The Morgan fingerprint density at radius 2 is 1.38 bits per heavy atom. The number of hydrogen-bond donors (Lipinski definition) is 1. The van der Waals surface area contributed by atoms with Crippen molar-refractivity contribution in [2.24, 2.45) is 0 Å². The molecule has 120 valence electrons. The van der Waals surface area contributed by atoms with Crippen LogP contribution < -0.4 is 15.1 Å². The highest BCUT2D eigenvalue weighted by molar-refractivity contribution is 6.34. The predicted octanol–water partition coefficient (Wildman–Crippen LogP) is 1.42. The third-order valence-electron chi connectivity index (χ3n) is 4.31. The number of fused-ring (bicyclic) bond motifs is 1. The first-order valence-corrected chi connectivity index (χ1v) is 7.75. The van der Waals surface area contributed by atoms with Crippen molar-refractivity contribution in [3.8, 4) is 0 Å². The Labute approximate surface area is 138 Å². The van der Waals surface area contributed by atoms with Gasteiger partial charge in [0.15, 0.2) is 0 Å². The van der Waals surface area contributed by atoms with Crippen molar-refractivity contribution in [1.29, 1.82) is 0 Å². The van der Waals surface area contributed by atoms with E-state index in [9.17, 15) is 14.4 Å². The molecule has 6 heteroatoms. The second-order valence-electron chi connectivity index (χ2n) is 5.78. The molecule has 2 aromatic carbocycles. The van der Waals surface area contributed by atoms with Gasteiger partial charge in [-0.05, 0) is 36.4 Å². The van der Waals surface area contributed by atoms with Gasteiger partial charge in [0.05, 0.1) is 23.4 Å². The Kier molecular flexibility index (Phi) is 3.30. The van der Waals surface area contributed by atoms with Gasteiger partial charge in [-0.2, -0.15) is 0 Å². The molecular formula is C18H15N3O3. The topological polar surface area (TPSA) is 69.7 Å². The smallest absolute Gasteiger partial charge is 0.266 e. The largest absolute Gasteiger partial charge is 0.360 e. The van der Waals surface area contributed by atoms with Crippen molar-refractivity contribution in [3.05, 3.63) is 59.7 Å². The van der Waals surface area contributed by atoms with Gasteiger partial charge in [-0.15, -0.1) is 0 Å². The van der Waals surface area contributed by atoms with Crippen molar-refractivity contribution in [1.82, 2.24) is 5.32 Å². The van der Waals surface area contributed by atoms with Gasteiger partial charge in [0.2, 0.25) is 5.91 Å². The third kappa shape index (κ3) is 2.23. The molecule has 1 N–H and O–H groups in total. The van der Waals surface area contributed by atoms with E-state index in [1.807, 2.05) is 17.0 Å². The molecule has 1 fully saturated rings. The van der Waals surface area contributed by atoms with Crippen LogP contribution in [-0.4, -0.2) is 37.4 Å². The summed E-state index contributed by atoms with van der Waals surface area (Å²) in [7, 11) is 0. The van der Waals surface area contributed by atoms with E-state index in [1.54, 1.807) is 36.4 Å². The maximum Gasteiger partial charge on any atom is 0.266 e. The molecule has 2 aliphatic heterocycles. The molecule has 4 rings (SSSR count). The lowest BCUT2D eigenvalue weighted by molar-refractivity contribution is -0.120. The van der Waals surface area contributed by atoms with Gasteiger partial charge in [-0.1, -0.05) is 12.1 Å². The Morgan fingerprint density at radius 3 is 1.96 bits per heavy atom. The highest BCUT2D eigenvalue weighted by Crippen LogP contribution is 2.29. The number of carbonyl (C=O) groups is 3. The summed E-state index contributed by atoms with van der Waals surface area (Å²) in [4.78, 5) is 39.6. The maximum absolute atomic E-state index is 12.5. The van der Waals surface area contributed by atoms with Crippen molar-refractivity contribution in [2.45, 2.75) is 0 Å². The molecule has 0 saturated carbocycles. The molecule has 0 spiro atoms. The van der Waals surface area contributed by atoms with Crippen LogP contribution in [0.3, 0.4) is 0 Å². The van der Waals surface area contributed by atoms with E-state index in [4.69, 9.17) is 0 Å². The molecule has 2 aromatic rings. The van der Waals surface area contributed by atoms with Gasteiger partial charge in [-0.3, -0.25) is 14.4 Å². The second-order valence-corrected chi connectivity index (χ2v) is 5.78. The normalized spacial score (nSPS) is 17.1. The molecule has 0 bridgehead atoms. The Balaban J connectivity index is 1.61. The van der Waals surface area contributed by atoms with Crippen LogP contribution in [0, 0.1) is 0 Å². The third-order valence-corrected chi connectivity index (χ3v) is 4.31. The summed E-state index contributed by atoms with van der Waals surface area (Å²) in [6, 6.07) is 14.0. The summed E-state index contributed by atoms with van der Waals surface area (Å²) in [6.07, 6.45) is 0. The number of carbonyl (C=O) groups excluding carboxylic acids is 3. The first-order valence-electron chi connectivity index (χ1n) is 7.75. The van der Waals surface area contributed by atoms with Gasteiger partial charge in [0, 0.05) is 18.8 Å². The van der Waals surface area contributed by atoms with Gasteiger partial charge < -0.3 is 10.2 Å². The standard InChI is InChI=1S/C18H15N3O3/c22-16-11-20(10-9-19-16)12-5-7-13(8-6-12)21-17(23)14-3-1-2-4-15(14)18(21)24/h1-8H,9-11H2,(H,19,22). The molecule has 2 aliphatic rings. The molecule has 24 heavy (non-hydrogen) atoms. The zero-order chi connectivity index (χ0) is 16.7. The molecule has 1 saturated heterocycles. The average molecular weight is 321 g/mol. The van der Waals surface area contributed by atoms with Crippen LogP contribution in [-0.2, 0) is 4.79 Å². The molecule has 0 aliphatic carbocycles.